The van der Waals surface area contributed by atoms with E-state index in [1.807, 2.05) is 0 Å². The van der Waals surface area contributed by atoms with Crippen LogP contribution in [0.25, 0.3) is 0 Å². The second-order valence-corrected chi connectivity index (χ2v) is 10.8. The van der Waals surface area contributed by atoms with E-state index in [0.29, 0.717) is 12.9 Å². The second kappa shape index (κ2) is 5.92. The summed E-state index contributed by atoms with van der Waals surface area (Å²) in [4.78, 5) is 21.6. The van der Waals surface area contributed by atoms with Crippen LogP contribution in [0.5, 0.6) is 0 Å². The molecule has 6 nitrogen and oxygen atoms in total. The minimum Gasteiger partial charge on any atom is -0.477 e. The molecule has 0 bridgehead atoms. The van der Waals surface area contributed by atoms with E-state index in [9.17, 15) is 9.59 Å². The van der Waals surface area contributed by atoms with E-state index < -0.39 is 14.0 Å². The molecule has 0 unspecified atom stereocenters. The van der Waals surface area contributed by atoms with E-state index in [1.165, 1.54) is 10.9 Å². The number of aromatic carboxylic acids is 1. The molecule has 0 saturated carbocycles. The number of carbonyl (C=O) groups is 2. The Morgan fingerprint density at radius 3 is 2.72 bits per heavy atom. The molecular weight excluding hydrogens is 252 g/mol. The van der Waals surface area contributed by atoms with Gasteiger partial charge < -0.3 is 9.84 Å². The highest BCUT2D eigenvalue weighted by atomic mass is 28.3. The molecule has 0 spiro atoms. The third-order valence-corrected chi connectivity index (χ3v) is 4.11. The molecule has 1 heterocycles. The summed E-state index contributed by atoms with van der Waals surface area (Å²) in [6.45, 7) is 7.33. The molecule has 1 aromatic heterocycles. The van der Waals surface area contributed by atoms with E-state index in [0.717, 1.165) is 6.04 Å². The largest absolute Gasteiger partial charge is 0.477 e. The van der Waals surface area contributed by atoms with Crippen LogP contribution < -0.4 is 0 Å². The lowest BCUT2D eigenvalue weighted by atomic mass is 10.3. The van der Waals surface area contributed by atoms with Crippen molar-refractivity contribution in [1.82, 2.24) is 9.78 Å². The van der Waals surface area contributed by atoms with Gasteiger partial charge in [0, 0.05) is 14.7 Å². The lowest BCUT2D eigenvalue weighted by molar-refractivity contribution is 0.0588. The molecule has 0 aliphatic heterocycles. The zero-order valence-electron chi connectivity index (χ0n) is 10.8. The first-order chi connectivity index (χ1) is 8.35. The van der Waals surface area contributed by atoms with Crippen molar-refractivity contribution in [1.29, 1.82) is 0 Å². The number of carbonyl (C=O) groups excluding carboxylic acids is 1. The summed E-state index contributed by atoms with van der Waals surface area (Å²) in [6, 6.07) is 0.997. The van der Waals surface area contributed by atoms with Gasteiger partial charge in [0.2, 0.25) is 0 Å². The molecule has 0 radical (unpaired) electrons. The van der Waals surface area contributed by atoms with Crippen LogP contribution >= 0.6 is 0 Å². The third kappa shape index (κ3) is 4.08. The first-order valence-electron chi connectivity index (χ1n) is 5.67. The number of ether oxygens (including phenoxy) is 1. The highest BCUT2D eigenvalue weighted by Gasteiger charge is 2.17. The predicted octanol–water partition coefficient (Wildman–Crippen LogP) is 1.71. The molecule has 1 rings (SSSR count). The number of nitrogens with zero attached hydrogens (tertiary/aromatic N) is 2. The van der Waals surface area contributed by atoms with Crippen molar-refractivity contribution < 1.29 is 19.4 Å². The number of aromatic nitrogens is 2. The molecule has 18 heavy (non-hydrogen) atoms. The molecule has 0 aliphatic rings. The highest BCUT2D eigenvalue weighted by Crippen LogP contribution is 2.09. The van der Waals surface area contributed by atoms with Crippen molar-refractivity contribution in [2.24, 2.45) is 0 Å². The van der Waals surface area contributed by atoms with Gasteiger partial charge in [0.25, 0.3) is 0 Å². The molecule has 0 aliphatic carbocycles. The topological polar surface area (TPSA) is 81.4 Å². The van der Waals surface area contributed by atoms with Crippen LogP contribution in [0.2, 0.25) is 25.7 Å². The second-order valence-electron chi connectivity index (χ2n) is 5.22. The standard InChI is InChI=1S/C11H18N2O4Si/c1-18(2,3)5-4-17-8-13-10(11(15)16)9(7-14)6-12-13/h6-7H,4-5,8H2,1-3H3,(H,15,16). The van der Waals surface area contributed by atoms with Crippen LogP contribution in [-0.2, 0) is 11.5 Å². The monoisotopic (exact) mass is 270 g/mol. The van der Waals surface area contributed by atoms with Gasteiger partial charge in [-0.15, -0.1) is 0 Å². The molecule has 0 fully saturated rings. The molecule has 1 N–H and O–H groups in total. The lowest BCUT2D eigenvalue weighted by Gasteiger charge is -2.15. The number of aldehydes is 1. The third-order valence-electron chi connectivity index (χ3n) is 2.41. The summed E-state index contributed by atoms with van der Waals surface area (Å²) >= 11 is 0. The number of rotatable bonds is 7. The Bertz CT molecular complexity index is 437. The fourth-order valence-corrected chi connectivity index (χ4v) is 2.10. The van der Waals surface area contributed by atoms with Gasteiger partial charge in [0.05, 0.1) is 11.8 Å². The smallest absolute Gasteiger partial charge is 0.355 e. The van der Waals surface area contributed by atoms with Crippen molar-refractivity contribution in [3.05, 3.63) is 17.5 Å². The van der Waals surface area contributed by atoms with Crippen LogP contribution in [0.4, 0.5) is 0 Å². The number of hydrogen-bond acceptors (Lipinski definition) is 4. The summed E-state index contributed by atoms with van der Waals surface area (Å²) in [5.74, 6) is -1.18. The minimum absolute atomic E-state index is 0.0555. The van der Waals surface area contributed by atoms with Crippen molar-refractivity contribution in [3.8, 4) is 0 Å². The van der Waals surface area contributed by atoms with Crippen molar-refractivity contribution >= 4 is 20.3 Å². The fourth-order valence-electron chi connectivity index (χ4n) is 1.35. The molecular formula is C11H18N2O4Si. The SMILES string of the molecule is C[Si](C)(C)CCOCn1ncc(C=O)c1C(=O)O. The quantitative estimate of drug-likeness (QED) is 0.463. The maximum atomic E-state index is 11.0. The average Bonchev–Trinajstić information content (AvgIpc) is 2.66. The molecule has 0 amide bonds. The lowest BCUT2D eigenvalue weighted by Crippen LogP contribution is -2.22. The van der Waals surface area contributed by atoms with Gasteiger partial charge >= 0.3 is 5.97 Å². The molecule has 0 atom stereocenters. The Balaban J connectivity index is 2.60. The Morgan fingerprint density at radius 2 is 2.22 bits per heavy atom. The zero-order chi connectivity index (χ0) is 13.8. The molecule has 0 saturated heterocycles. The van der Waals surface area contributed by atoms with Gasteiger partial charge in [0.15, 0.2) is 12.0 Å². The van der Waals surface area contributed by atoms with Crippen molar-refractivity contribution in [3.63, 3.8) is 0 Å². The Labute approximate surface area is 107 Å². The molecule has 1 aromatic rings. The predicted molar refractivity (Wildman–Crippen MR) is 68.7 cm³/mol. The van der Waals surface area contributed by atoms with Crippen LogP contribution in [0, 0.1) is 0 Å². The van der Waals surface area contributed by atoms with Crippen LogP contribution in [0.1, 0.15) is 20.8 Å². The normalized spacial score (nSPS) is 11.5. The molecule has 7 heteroatoms. The van der Waals surface area contributed by atoms with Crippen LogP contribution in [-0.4, -0.2) is 41.8 Å². The van der Waals surface area contributed by atoms with E-state index in [-0.39, 0.29) is 18.0 Å². The number of carboxylic acid groups (broad SMARTS) is 1. The summed E-state index contributed by atoms with van der Waals surface area (Å²) < 4.78 is 6.59. The summed E-state index contributed by atoms with van der Waals surface area (Å²) in [5.41, 5.74) is -0.0608. The number of hydrogen-bond donors (Lipinski definition) is 1. The van der Waals surface area contributed by atoms with E-state index >= 15 is 0 Å². The zero-order valence-corrected chi connectivity index (χ0v) is 11.8. The summed E-state index contributed by atoms with van der Waals surface area (Å²) in [6.07, 6.45) is 1.72. The highest BCUT2D eigenvalue weighted by molar-refractivity contribution is 6.76. The van der Waals surface area contributed by atoms with Crippen molar-refractivity contribution in [2.45, 2.75) is 32.4 Å². The van der Waals surface area contributed by atoms with Gasteiger partial charge in [-0.25, -0.2) is 9.48 Å². The fraction of sp³-hybridized carbons (Fsp3) is 0.545. The molecule has 0 aromatic carbocycles. The summed E-state index contributed by atoms with van der Waals surface area (Å²) in [5, 5.41) is 12.8. The average molecular weight is 270 g/mol. The van der Waals surface area contributed by atoms with Crippen molar-refractivity contribution in [2.75, 3.05) is 6.61 Å². The van der Waals surface area contributed by atoms with Crippen LogP contribution in [0.15, 0.2) is 6.20 Å². The first-order valence-corrected chi connectivity index (χ1v) is 9.38. The van der Waals surface area contributed by atoms with Gasteiger partial charge in [-0.3, -0.25) is 4.79 Å². The van der Waals surface area contributed by atoms with Gasteiger partial charge in [-0.1, -0.05) is 19.6 Å². The first kappa shape index (κ1) is 14.6. The van der Waals surface area contributed by atoms with Gasteiger partial charge in [0.1, 0.15) is 6.73 Å². The van der Waals surface area contributed by atoms with Gasteiger partial charge in [-0.2, -0.15) is 5.10 Å². The van der Waals surface area contributed by atoms with Gasteiger partial charge in [-0.05, 0) is 6.04 Å². The minimum atomic E-state index is -1.18. The maximum absolute atomic E-state index is 11.0. The Hall–Kier alpha value is -1.47. The Kier molecular flexibility index (Phi) is 4.80. The van der Waals surface area contributed by atoms with E-state index in [2.05, 4.69) is 24.7 Å². The summed E-state index contributed by atoms with van der Waals surface area (Å²) in [7, 11) is -1.16. The van der Waals surface area contributed by atoms with E-state index in [4.69, 9.17) is 9.84 Å². The maximum Gasteiger partial charge on any atom is 0.355 e. The van der Waals surface area contributed by atoms with Crippen LogP contribution in [0.3, 0.4) is 0 Å². The Morgan fingerprint density at radius 1 is 1.56 bits per heavy atom. The molecule has 100 valence electrons. The van der Waals surface area contributed by atoms with E-state index in [1.54, 1.807) is 0 Å². The number of carboxylic acids is 1.